The molecule has 2 atom stereocenters. The zero-order valence-corrected chi connectivity index (χ0v) is 14.0. The van der Waals surface area contributed by atoms with Crippen LogP contribution in [0, 0.1) is 6.92 Å². The number of aryl methyl sites for hydroxylation is 1. The highest BCUT2D eigenvalue weighted by molar-refractivity contribution is 5.69. The number of rotatable bonds is 0. The number of anilines is 1. The van der Waals surface area contributed by atoms with Crippen molar-refractivity contribution >= 4 is 11.8 Å². The second-order valence-corrected chi connectivity index (χ2v) is 7.52. The molecule has 1 amide bonds. The average Bonchev–Trinajstić information content (AvgIpc) is 2.61. The number of carbonyl (C=O) groups excluding carboxylic acids is 1. The fourth-order valence-corrected chi connectivity index (χ4v) is 3.46. The molecule has 1 aromatic rings. The molecule has 0 radical (unpaired) electrons. The van der Waals surface area contributed by atoms with Gasteiger partial charge in [0.05, 0.1) is 0 Å². The van der Waals surface area contributed by atoms with E-state index < -0.39 is 5.60 Å². The maximum absolute atomic E-state index is 12.4. The number of amides is 1. The highest BCUT2D eigenvalue weighted by Gasteiger charge is 2.37. The number of fused-ring (bicyclic) bond motifs is 3. The van der Waals surface area contributed by atoms with Crippen molar-refractivity contribution in [1.29, 1.82) is 0 Å². The summed E-state index contributed by atoms with van der Waals surface area (Å²) in [4.78, 5) is 14.3. The molecule has 4 heteroatoms. The summed E-state index contributed by atoms with van der Waals surface area (Å²) in [6.45, 7) is 9.40. The summed E-state index contributed by atoms with van der Waals surface area (Å²) in [5.41, 5.74) is 3.41. The number of nitrogens with zero attached hydrogens (tertiary/aromatic N) is 1. The van der Waals surface area contributed by atoms with Crippen LogP contribution in [0.25, 0.3) is 0 Å². The fraction of sp³-hybridized carbons (Fsp3) is 0.611. The molecule has 0 unspecified atom stereocenters. The third-order valence-corrected chi connectivity index (χ3v) is 4.45. The predicted molar refractivity (Wildman–Crippen MR) is 88.4 cm³/mol. The van der Waals surface area contributed by atoms with Gasteiger partial charge in [0.15, 0.2) is 0 Å². The number of benzene rings is 1. The number of nitrogens with one attached hydrogen (secondary N) is 1. The first kappa shape index (κ1) is 15.2. The van der Waals surface area contributed by atoms with Crippen LogP contribution in [-0.4, -0.2) is 35.7 Å². The normalized spacial score (nSPS) is 24.1. The van der Waals surface area contributed by atoms with Gasteiger partial charge in [0.25, 0.3) is 0 Å². The number of carbonyl (C=O) groups is 1. The van der Waals surface area contributed by atoms with E-state index in [4.69, 9.17) is 4.74 Å². The third-order valence-electron chi connectivity index (χ3n) is 4.45. The van der Waals surface area contributed by atoms with Crippen LogP contribution in [0.2, 0.25) is 0 Å². The van der Waals surface area contributed by atoms with Gasteiger partial charge in [-0.15, -0.1) is 0 Å². The van der Waals surface area contributed by atoms with Crippen molar-refractivity contribution in [1.82, 2.24) is 4.90 Å². The molecule has 120 valence electrons. The average molecular weight is 302 g/mol. The van der Waals surface area contributed by atoms with E-state index in [9.17, 15) is 4.79 Å². The molecule has 4 nitrogen and oxygen atoms in total. The van der Waals surface area contributed by atoms with Crippen molar-refractivity contribution in [3.8, 4) is 0 Å². The van der Waals surface area contributed by atoms with Crippen LogP contribution in [0.15, 0.2) is 18.2 Å². The topological polar surface area (TPSA) is 41.6 Å². The summed E-state index contributed by atoms with van der Waals surface area (Å²) < 4.78 is 5.56. The molecule has 22 heavy (non-hydrogen) atoms. The highest BCUT2D eigenvalue weighted by atomic mass is 16.6. The maximum atomic E-state index is 12.4. The Kier molecular flexibility index (Phi) is 3.79. The van der Waals surface area contributed by atoms with Crippen molar-refractivity contribution in [2.45, 2.75) is 58.1 Å². The summed E-state index contributed by atoms with van der Waals surface area (Å²) in [5.74, 6) is 0.366. The summed E-state index contributed by atoms with van der Waals surface area (Å²) in [7, 11) is 0. The fourth-order valence-electron chi connectivity index (χ4n) is 3.46. The second kappa shape index (κ2) is 5.49. The van der Waals surface area contributed by atoms with E-state index in [-0.39, 0.29) is 6.09 Å². The van der Waals surface area contributed by atoms with Crippen LogP contribution in [0.1, 0.15) is 50.7 Å². The van der Waals surface area contributed by atoms with E-state index in [1.165, 1.54) is 16.8 Å². The Labute approximate surface area is 132 Å². The number of ether oxygens (including phenoxy) is 1. The van der Waals surface area contributed by atoms with Gasteiger partial charge >= 0.3 is 6.09 Å². The van der Waals surface area contributed by atoms with Crippen molar-refractivity contribution in [3.05, 3.63) is 29.3 Å². The molecule has 3 rings (SSSR count). The number of likely N-dealkylation sites (tertiary alicyclic amines) is 1. The molecule has 0 aliphatic carbocycles. The number of hydrogen-bond donors (Lipinski definition) is 1. The molecule has 2 heterocycles. The quantitative estimate of drug-likeness (QED) is 0.790. The van der Waals surface area contributed by atoms with Gasteiger partial charge in [-0.25, -0.2) is 4.79 Å². The van der Waals surface area contributed by atoms with Crippen LogP contribution in [0.4, 0.5) is 10.5 Å². The van der Waals surface area contributed by atoms with Crippen LogP contribution in [-0.2, 0) is 4.74 Å². The van der Waals surface area contributed by atoms with E-state index >= 15 is 0 Å². The van der Waals surface area contributed by atoms with Crippen molar-refractivity contribution in [2.75, 3.05) is 18.4 Å². The molecule has 0 spiro atoms. The van der Waals surface area contributed by atoms with Crippen LogP contribution in [0.3, 0.4) is 0 Å². The molecule has 0 aromatic heterocycles. The van der Waals surface area contributed by atoms with E-state index in [1.807, 2.05) is 25.7 Å². The first-order chi connectivity index (χ1) is 10.3. The minimum Gasteiger partial charge on any atom is -0.444 e. The van der Waals surface area contributed by atoms with Gasteiger partial charge < -0.3 is 15.0 Å². The Hall–Kier alpha value is -1.71. The third kappa shape index (κ3) is 3.06. The standard InChI is InChI=1S/C18H26N2O2/c1-12-7-8-16-13(10-12)14-11-20(9-5-6-15(14)19-16)17(21)22-18(2,3)4/h7-8,10,14-15,19H,5-6,9,11H2,1-4H3/t14-,15-/m1/s1. The van der Waals surface area contributed by atoms with Crippen molar-refractivity contribution in [2.24, 2.45) is 0 Å². The smallest absolute Gasteiger partial charge is 0.410 e. The van der Waals surface area contributed by atoms with Crippen molar-refractivity contribution in [3.63, 3.8) is 0 Å². The molecule has 1 saturated heterocycles. The first-order valence-corrected chi connectivity index (χ1v) is 8.18. The second-order valence-electron chi connectivity index (χ2n) is 7.52. The van der Waals surface area contributed by atoms with Gasteiger partial charge in [-0.1, -0.05) is 17.7 Å². The molecule has 1 aromatic carbocycles. The summed E-state index contributed by atoms with van der Waals surface area (Å²) >= 11 is 0. The van der Waals surface area contributed by atoms with Gasteiger partial charge in [0, 0.05) is 30.7 Å². The van der Waals surface area contributed by atoms with Gasteiger partial charge in [0.1, 0.15) is 5.60 Å². The molecule has 0 bridgehead atoms. The Morgan fingerprint density at radius 3 is 2.86 bits per heavy atom. The van der Waals surface area contributed by atoms with Crippen molar-refractivity contribution < 1.29 is 9.53 Å². The predicted octanol–water partition coefficient (Wildman–Crippen LogP) is 3.90. The van der Waals surface area contributed by atoms with Gasteiger partial charge in [-0.2, -0.15) is 0 Å². The minimum absolute atomic E-state index is 0.186. The lowest BCUT2D eigenvalue weighted by Crippen LogP contribution is -2.39. The highest BCUT2D eigenvalue weighted by Crippen LogP contribution is 2.40. The lowest BCUT2D eigenvalue weighted by atomic mass is 9.92. The Balaban J connectivity index is 1.80. The van der Waals surface area contributed by atoms with Gasteiger partial charge in [0.2, 0.25) is 0 Å². The van der Waals surface area contributed by atoms with Gasteiger partial charge in [-0.3, -0.25) is 0 Å². The maximum Gasteiger partial charge on any atom is 0.410 e. The Morgan fingerprint density at radius 1 is 1.36 bits per heavy atom. The summed E-state index contributed by atoms with van der Waals surface area (Å²) in [6, 6.07) is 7.00. The lowest BCUT2D eigenvalue weighted by molar-refractivity contribution is 0.0249. The van der Waals surface area contributed by atoms with E-state index in [1.54, 1.807) is 0 Å². The molecule has 0 saturated carbocycles. The lowest BCUT2D eigenvalue weighted by Gasteiger charge is -2.28. The zero-order chi connectivity index (χ0) is 15.9. The van der Waals surface area contributed by atoms with E-state index in [0.29, 0.717) is 12.0 Å². The SMILES string of the molecule is Cc1ccc2c(c1)[C@H]1CN(C(=O)OC(C)(C)C)CCC[C@H]1N2. The summed E-state index contributed by atoms with van der Waals surface area (Å²) in [5, 5.41) is 3.63. The largest absolute Gasteiger partial charge is 0.444 e. The molecular weight excluding hydrogens is 276 g/mol. The molecule has 2 aliphatic heterocycles. The summed E-state index contributed by atoms with van der Waals surface area (Å²) in [6.07, 6.45) is 1.92. The monoisotopic (exact) mass is 302 g/mol. The number of hydrogen-bond acceptors (Lipinski definition) is 3. The molecule has 1 N–H and O–H groups in total. The van der Waals surface area contributed by atoms with Crippen LogP contribution in [0.5, 0.6) is 0 Å². The minimum atomic E-state index is -0.439. The van der Waals surface area contributed by atoms with Crippen LogP contribution >= 0.6 is 0 Å². The Morgan fingerprint density at radius 2 is 2.14 bits per heavy atom. The molecule has 1 fully saturated rings. The van der Waals surface area contributed by atoms with Gasteiger partial charge in [-0.05, 0) is 52.2 Å². The first-order valence-electron chi connectivity index (χ1n) is 8.18. The molecule has 2 aliphatic rings. The Bertz CT molecular complexity index is 577. The van der Waals surface area contributed by atoms with E-state index in [2.05, 4.69) is 30.4 Å². The van der Waals surface area contributed by atoms with Crippen LogP contribution < -0.4 is 5.32 Å². The van der Waals surface area contributed by atoms with E-state index in [0.717, 1.165) is 25.9 Å². The molecular formula is C18H26N2O2. The zero-order valence-electron chi connectivity index (χ0n) is 14.0.